The summed E-state index contributed by atoms with van der Waals surface area (Å²) >= 11 is 5.97. The topological polar surface area (TPSA) is 97.3 Å². The first-order valence-corrected chi connectivity index (χ1v) is 11.7. The fraction of sp³-hybridized carbons (Fsp3) is 0.222. The van der Waals surface area contributed by atoms with E-state index in [1.807, 2.05) is 44.3 Å². The SMILES string of the molecule is CC(C)CNC(=O)C[C@@H](c1cccc(Oc2ccc(Cl)cc2)c1)c1c[nH]c2ccc([N+](=O)[O-])cc12. The Labute approximate surface area is 208 Å². The van der Waals surface area contributed by atoms with Gasteiger partial charge in [0.15, 0.2) is 0 Å². The second kappa shape index (κ2) is 10.6. The number of ether oxygens (including phenoxy) is 1. The molecule has 4 rings (SSSR count). The van der Waals surface area contributed by atoms with Crippen molar-refractivity contribution in [3.05, 3.63) is 99.2 Å². The molecule has 180 valence electrons. The molecule has 1 atom stereocenters. The number of benzene rings is 3. The fourth-order valence-electron chi connectivity index (χ4n) is 3.95. The molecule has 0 saturated carbocycles. The van der Waals surface area contributed by atoms with Gasteiger partial charge in [0.1, 0.15) is 11.5 Å². The van der Waals surface area contributed by atoms with Crippen LogP contribution in [0, 0.1) is 16.0 Å². The molecule has 0 fully saturated rings. The molecule has 1 aromatic heterocycles. The zero-order chi connectivity index (χ0) is 24.9. The monoisotopic (exact) mass is 491 g/mol. The van der Waals surface area contributed by atoms with Gasteiger partial charge in [-0.25, -0.2) is 0 Å². The zero-order valence-corrected chi connectivity index (χ0v) is 20.2. The standard InChI is InChI=1S/C27H26ClN3O4/c1-17(2)15-30-27(32)14-23(25-16-29-26-11-8-20(31(33)34)13-24(25)26)18-4-3-5-22(12-18)35-21-9-6-19(28)7-10-21/h3-13,16-17,23,29H,14-15H2,1-2H3,(H,30,32)/t23-/m0/s1. The van der Waals surface area contributed by atoms with Crippen molar-refractivity contribution in [3.63, 3.8) is 0 Å². The number of amides is 1. The van der Waals surface area contributed by atoms with Gasteiger partial charge in [0, 0.05) is 53.1 Å². The van der Waals surface area contributed by atoms with Crippen molar-refractivity contribution >= 4 is 34.1 Å². The zero-order valence-electron chi connectivity index (χ0n) is 19.5. The second-order valence-electron chi connectivity index (χ2n) is 8.81. The molecule has 0 bridgehead atoms. The van der Waals surface area contributed by atoms with Gasteiger partial charge in [-0.05, 0) is 59.5 Å². The highest BCUT2D eigenvalue weighted by molar-refractivity contribution is 6.30. The lowest BCUT2D eigenvalue weighted by Gasteiger charge is -2.19. The minimum atomic E-state index is -0.416. The number of non-ortho nitro benzene ring substituents is 1. The van der Waals surface area contributed by atoms with Gasteiger partial charge in [-0.1, -0.05) is 37.6 Å². The third-order valence-corrected chi connectivity index (χ3v) is 5.94. The lowest BCUT2D eigenvalue weighted by Crippen LogP contribution is -2.28. The number of nitrogens with zero attached hydrogens (tertiary/aromatic N) is 1. The fourth-order valence-corrected chi connectivity index (χ4v) is 4.07. The van der Waals surface area contributed by atoms with Crippen LogP contribution in [0.25, 0.3) is 10.9 Å². The minimum absolute atomic E-state index is 0.00109. The van der Waals surface area contributed by atoms with Crippen LogP contribution in [0.2, 0.25) is 5.02 Å². The third-order valence-electron chi connectivity index (χ3n) is 5.69. The number of rotatable bonds is 9. The second-order valence-corrected chi connectivity index (χ2v) is 9.25. The van der Waals surface area contributed by atoms with Gasteiger partial charge in [-0.15, -0.1) is 0 Å². The maximum Gasteiger partial charge on any atom is 0.270 e. The van der Waals surface area contributed by atoms with Crippen molar-refractivity contribution in [1.29, 1.82) is 0 Å². The normalized spacial score (nSPS) is 12.0. The first kappa shape index (κ1) is 24.3. The molecule has 3 aromatic carbocycles. The molecule has 0 saturated heterocycles. The van der Waals surface area contributed by atoms with E-state index in [0.717, 1.165) is 16.6 Å². The van der Waals surface area contributed by atoms with Crippen LogP contribution in [0.3, 0.4) is 0 Å². The Morgan fingerprint density at radius 1 is 1.09 bits per heavy atom. The Bertz CT molecular complexity index is 1350. The largest absolute Gasteiger partial charge is 0.457 e. The molecule has 35 heavy (non-hydrogen) atoms. The number of nitro groups is 1. The first-order valence-electron chi connectivity index (χ1n) is 11.4. The Morgan fingerprint density at radius 2 is 1.86 bits per heavy atom. The molecule has 1 heterocycles. The highest BCUT2D eigenvalue weighted by Gasteiger charge is 2.23. The quantitative estimate of drug-likeness (QED) is 0.198. The molecule has 0 aliphatic heterocycles. The Balaban J connectivity index is 1.72. The lowest BCUT2D eigenvalue weighted by atomic mass is 9.87. The van der Waals surface area contributed by atoms with Crippen molar-refractivity contribution in [2.75, 3.05) is 6.54 Å². The summed E-state index contributed by atoms with van der Waals surface area (Å²) < 4.78 is 6.01. The van der Waals surface area contributed by atoms with Crippen LogP contribution in [-0.2, 0) is 4.79 Å². The minimum Gasteiger partial charge on any atom is -0.457 e. The third kappa shape index (κ3) is 6.00. The number of halogens is 1. The number of nitro benzene ring substituents is 1. The maximum atomic E-state index is 12.9. The van der Waals surface area contributed by atoms with Crippen LogP contribution in [0.4, 0.5) is 5.69 Å². The Kier molecular flexibility index (Phi) is 7.36. The number of nitrogens with one attached hydrogen (secondary N) is 2. The molecular weight excluding hydrogens is 466 g/mol. The smallest absolute Gasteiger partial charge is 0.270 e. The number of hydrogen-bond donors (Lipinski definition) is 2. The first-order chi connectivity index (χ1) is 16.8. The predicted octanol–water partition coefficient (Wildman–Crippen LogP) is 6.82. The van der Waals surface area contributed by atoms with E-state index in [-0.39, 0.29) is 23.9 Å². The summed E-state index contributed by atoms with van der Waals surface area (Å²) in [4.78, 5) is 27.0. The number of aromatic amines is 1. The van der Waals surface area contributed by atoms with Gasteiger partial charge in [0.2, 0.25) is 5.91 Å². The Morgan fingerprint density at radius 3 is 2.57 bits per heavy atom. The molecule has 1 amide bonds. The Hall–Kier alpha value is -3.84. The van der Waals surface area contributed by atoms with E-state index >= 15 is 0 Å². The molecule has 4 aromatic rings. The molecule has 7 nitrogen and oxygen atoms in total. The van der Waals surface area contributed by atoms with E-state index in [0.29, 0.717) is 34.4 Å². The van der Waals surface area contributed by atoms with Crippen molar-refractivity contribution in [2.45, 2.75) is 26.2 Å². The van der Waals surface area contributed by atoms with E-state index < -0.39 is 4.92 Å². The van der Waals surface area contributed by atoms with E-state index in [4.69, 9.17) is 16.3 Å². The molecule has 0 radical (unpaired) electrons. The van der Waals surface area contributed by atoms with Gasteiger partial charge in [0.05, 0.1) is 4.92 Å². The number of carbonyl (C=O) groups is 1. The highest BCUT2D eigenvalue weighted by atomic mass is 35.5. The van der Waals surface area contributed by atoms with Gasteiger partial charge in [-0.2, -0.15) is 0 Å². The molecule has 0 spiro atoms. The van der Waals surface area contributed by atoms with Crippen molar-refractivity contribution < 1.29 is 14.5 Å². The van der Waals surface area contributed by atoms with Gasteiger partial charge < -0.3 is 15.0 Å². The van der Waals surface area contributed by atoms with Crippen LogP contribution in [-0.4, -0.2) is 22.4 Å². The molecular formula is C27H26ClN3O4. The van der Waals surface area contributed by atoms with Gasteiger partial charge in [0.25, 0.3) is 5.69 Å². The van der Waals surface area contributed by atoms with Crippen LogP contribution >= 0.6 is 11.6 Å². The average Bonchev–Trinajstić information content (AvgIpc) is 3.26. The van der Waals surface area contributed by atoms with Gasteiger partial charge in [-0.3, -0.25) is 14.9 Å². The summed E-state index contributed by atoms with van der Waals surface area (Å²) in [5.41, 5.74) is 2.45. The summed E-state index contributed by atoms with van der Waals surface area (Å²) in [6.45, 7) is 4.65. The number of H-pyrrole nitrogens is 1. The van der Waals surface area contributed by atoms with Crippen LogP contribution < -0.4 is 10.1 Å². The number of hydrogen-bond acceptors (Lipinski definition) is 4. The molecule has 0 aliphatic carbocycles. The van der Waals surface area contributed by atoms with Crippen LogP contribution in [0.15, 0.2) is 72.9 Å². The summed E-state index contributed by atoms with van der Waals surface area (Å²) in [6, 6.07) is 19.3. The van der Waals surface area contributed by atoms with E-state index in [1.54, 1.807) is 36.4 Å². The summed E-state index contributed by atoms with van der Waals surface area (Å²) in [5, 5.41) is 15.7. The van der Waals surface area contributed by atoms with Crippen molar-refractivity contribution in [3.8, 4) is 11.5 Å². The predicted molar refractivity (Wildman–Crippen MR) is 137 cm³/mol. The molecule has 0 unspecified atom stereocenters. The number of aromatic nitrogens is 1. The van der Waals surface area contributed by atoms with Crippen molar-refractivity contribution in [1.82, 2.24) is 10.3 Å². The van der Waals surface area contributed by atoms with E-state index in [9.17, 15) is 14.9 Å². The summed E-state index contributed by atoms with van der Waals surface area (Å²) in [5.74, 6) is 1.15. The van der Waals surface area contributed by atoms with E-state index in [2.05, 4.69) is 10.3 Å². The lowest BCUT2D eigenvalue weighted by molar-refractivity contribution is -0.384. The van der Waals surface area contributed by atoms with Crippen LogP contribution in [0.5, 0.6) is 11.5 Å². The van der Waals surface area contributed by atoms with Crippen LogP contribution in [0.1, 0.15) is 37.3 Å². The van der Waals surface area contributed by atoms with E-state index in [1.165, 1.54) is 6.07 Å². The summed E-state index contributed by atoms with van der Waals surface area (Å²) in [7, 11) is 0. The summed E-state index contributed by atoms with van der Waals surface area (Å²) in [6.07, 6.45) is 2.01. The number of fused-ring (bicyclic) bond motifs is 1. The maximum absolute atomic E-state index is 12.9. The van der Waals surface area contributed by atoms with Gasteiger partial charge >= 0.3 is 0 Å². The highest BCUT2D eigenvalue weighted by Crippen LogP contribution is 2.36. The molecule has 2 N–H and O–H groups in total. The van der Waals surface area contributed by atoms with Crippen molar-refractivity contribution in [2.24, 2.45) is 5.92 Å². The molecule has 8 heteroatoms. The molecule has 0 aliphatic rings. The average molecular weight is 492 g/mol. The number of carbonyl (C=O) groups excluding carboxylic acids is 1.